The molecular formula is C14H12BN. The first-order chi connectivity index (χ1) is 7.93. The van der Waals surface area contributed by atoms with Crippen LogP contribution in [0.25, 0.3) is 0 Å². The summed E-state index contributed by atoms with van der Waals surface area (Å²) in [6.07, 6.45) is 0.942. The Bertz CT molecular complexity index is 531. The van der Waals surface area contributed by atoms with Crippen molar-refractivity contribution in [2.75, 3.05) is 0 Å². The highest BCUT2D eigenvalue weighted by Crippen LogP contribution is 2.10. The summed E-state index contributed by atoms with van der Waals surface area (Å²) in [4.78, 5) is 4.62. The maximum absolute atomic E-state index is 4.62. The zero-order valence-electron chi connectivity index (χ0n) is 9.06. The molecule has 0 unspecified atom stereocenters. The molecule has 16 heavy (non-hydrogen) atoms. The highest BCUT2D eigenvalue weighted by Gasteiger charge is 2.15. The number of rotatable bonds is 2. The molecule has 0 aromatic heterocycles. The van der Waals surface area contributed by atoms with Crippen LogP contribution < -0.4 is 5.46 Å². The van der Waals surface area contributed by atoms with E-state index < -0.39 is 0 Å². The van der Waals surface area contributed by atoms with Gasteiger partial charge in [-0.25, -0.2) is 0 Å². The highest BCUT2D eigenvalue weighted by atomic mass is 14.7. The molecule has 2 heteroatoms. The second-order valence-corrected chi connectivity index (χ2v) is 4.08. The Labute approximate surface area is 96.1 Å². The molecular weight excluding hydrogens is 193 g/mol. The van der Waals surface area contributed by atoms with Gasteiger partial charge in [-0.05, 0) is 16.6 Å². The van der Waals surface area contributed by atoms with Gasteiger partial charge in [0.2, 0.25) is 0 Å². The molecule has 0 bridgehead atoms. The van der Waals surface area contributed by atoms with E-state index in [1.54, 1.807) is 0 Å². The minimum atomic E-state index is 0.846. The fraction of sp³-hybridized carbons (Fsp3) is 0.0714. The molecule has 0 amide bonds. The van der Waals surface area contributed by atoms with Gasteiger partial charge in [0, 0.05) is 12.1 Å². The fourth-order valence-corrected chi connectivity index (χ4v) is 2.15. The Hall–Kier alpha value is -1.83. The van der Waals surface area contributed by atoms with Gasteiger partial charge in [0.05, 0.1) is 0 Å². The van der Waals surface area contributed by atoms with Gasteiger partial charge in [0.1, 0.15) is 0 Å². The molecule has 1 heterocycles. The lowest BCUT2D eigenvalue weighted by Crippen LogP contribution is -2.13. The van der Waals surface area contributed by atoms with Gasteiger partial charge >= 0.3 is 0 Å². The third-order valence-corrected chi connectivity index (χ3v) is 2.98. The molecule has 3 rings (SSSR count). The Morgan fingerprint density at radius 1 is 0.875 bits per heavy atom. The second-order valence-electron chi connectivity index (χ2n) is 4.08. The molecule has 0 aliphatic carbocycles. The summed E-state index contributed by atoms with van der Waals surface area (Å²) < 4.78 is 0. The van der Waals surface area contributed by atoms with E-state index in [0.29, 0.717) is 0 Å². The van der Waals surface area contributed by atoms with E-state index in [0.717, 1.165) is 13.8 Å². The SMILES string of the molecule is B1N=C(Cc2ccccc2)c2ccccc21. The molecule has 2 aromatic carbocycles. The van der Waals surface area contributed by atoms with Crippen molar-refractivity contribution in [2.45, 2.75) is 6.42 Å². The van der Waals surface area contributed by atoms with Crippen LogP contribution in [0.1, 0.15) is 11.1 Å². The minimum Gasteiger partial charge on any atom is -0.343 e. The molecule has 0 spiro atoms. The van der Waals surface area contributed by atoms with E-state index in [-0.39, 0.29) is 0 Å². The van der Waals surface area contributed by atoms with Crippen LogP contribution >= 0.6 is 0 Å². The van der Waals surface area contributed by atoms with Crippen molar-refractivity contribution in [3.8, 4) is 0 Å². The molecule has 0 radical (unpaired) electrons. The van der Waals surface area contributed by atoms with E-state index in [9.17, 15) is 0 Å². The van der Waals surface area contributed by atoms with E-state index in [1.165, 1.54) is 22.3 Å². The molecule has 0 saturated heterocycles. The third-order valence-electron chi connectivity index (χ3n) is 2.98. The summed E-state index contributed by atoms with van der Waals surface area (Å²) >= 11 is 0. The lowest BCUT2D eigenvalue weighted by atomic mass is 9.83. The summed E-state index contributed by atoms with van der Waals surface area (Å²) in [7, 11) is 0.846. The number of hydrogen-bond acceptors (Lipinski definition) is 1. The standard InChI is InChI=1S/C14H12BN/c1-2-6-11(7-3-1)10-14-12-8-4-5-9-13(12)15-16-14/h1-9,15H,10H2. The second kappa shape index (κ2) is 3.97. The average molecular weight is 205 g/mol. The van der Waals surface area contributed by atoms with E-state index >= 15 is 0 Å². The van der Waals surface area contributed by atoms with Crippen molar-refractivity contribution in [3.05, 3.63) is 65.7 Å². The van der Waals surface area contributed by atoms with Gasteiger partial charge in [0.25, 0.3) is 7.41 Å². The molecule has 1 aliphatic rings. The Balaban J connectivity index is 1.89. The number of nitrogens with zero attached hydrogens (tertiary/aromatic N) is 1. The van der Waals surface area contributed by atoms with E-state index in [2.05, 4.69) is 53.4 Å². The topological polar surface area (TPSA) is 12.4 Å². The number of benzene rings is 2. The molecule has 76 valence electrons. The van der Waals surface area contributed by atoms with Crippen molar-refractivity contribution in [2.24, 2.45) is 4.90 Å². The van der Waals surface area contributed by atoms with Gasteiger partial charge < -0.3 is 4.90 Å². The van der Waals surface area contributed by atoms with Crippen LogP contribution in [-0.2, 0) is 6.42 Å². The summed E-state index contributed by atoms with van der Waals surface area (Å²) in [5, 5.41) is 0. The largest absolute Gasteiger partial charge is 0.343 e. The van der Waals surface area contributed by atoms with E-state index in [4.69, 9.17) is 0 Å². The number of hydrogen-bond donors (Lipinski definition) is 0. The van der Waals surface area contributed by atoms with Gasteiger partial charge in [0.15, 0.2) is 0 Å². The predicted octanol–water partition coefficient (Wildman–Crippen LogP) is 1.71. The highest BCUT2D eigenvalue weighted by molar-refractivity contribution is 6.59. The molecule has 0 N–H and O–H groups in total. The number of fused-ring (bicyclic) bond motifs is 1. The fourth-order valence-electron chi connectivity index (χ4n) is 2.15. The minimum absolute atomic E-state index is 0.846. The van der Waals surface area contributed by atoms with Gasteiger partial charge in [-0.2, -0.15) is 0 Å². The first-order valence-electron chi connectivity index (χ1n) is 5.59. The molecule has 0 fully saturated rings. The van der Waals surface area contributed by atoms with Crippen LogP contribution in [0.15, 0.2) is 59.5 Å². The van der Waals surface area contributed by atoms with Crippen LogP contribution in [0.2, 0.25) is 0 Å². The lowest BCUT2D eigenvalue weighted by molar-refractivity contribution is 1.33. The Morgan fingerprint density at radius 2 is 1.62 bits per heavy atom. The molecule has 0 atom stereocenters. The van der Waals surface area contributed by atoms with E-state index in [1.807, 2.05) is 6.07 Å². The first kappa shape index (κ1) is 9.40. The Kier molecular flexibility index (Phi) is 2.33. The average Bonchev–Trinajstić information content (AvgIpc) is 2.74. The quantitative estimate of drug-likeness (QED) is 0.662. The normalized spacial score (nSPS) is 12.9. The maximum Gasteiger partial charge on any atom is 0.295 e. The summed E-state index contributed by atoms with van der Waals surface area (Å²) in [6.45, 7) is 0. The van der Waals surface area contributed by atoms with Crippen LogP contribution in [0, 0.1) is 0 Å². The van der Waals surface area contributed by atoms with Gasteiger partial charge in [-0.1, -0.05) is 54.6 Å². The molecule has 2 aromatic rings. The predicted molar refractivity (Wildman–Crippen MR) is 69.9 cm³/mol. The van der Waals surface area contributed by atoms with Crippen molar-refractivity contribution in [1.29, 1.82) is 0 Å². The van der Waals surface area contributed by atoms with Crippen molar-refractivity contribution in [1.82, 2.24) is 0 Å². The zero-order valence-corrected chi connectivity index (χ0v) is 9.06. The van der Waals surface area contributed by atoms with Crippen molar-refractivity contribution >= 4 is 18.6 Å². The molecule has 1 aliphatic heterocycles. The monoisotopic (exact) mass is 205 g/mol. The van der Waals surface area contributed by atoms with Crippen LogP contribution in [-0.4, -0.2) is 13.1 Å². The van der Waals surface area contributed by atoms with Crippen molar-refractivity contribution < 1.29 is 0 Å². The smallest absolute Gasteiger partial charge is 0.295 e. The van der Waals surface area contributed by atoms with Crippen LogP contribution in [0.5, 0.6) is 0 Å². The van der Waals surface area contributed by atoms with Gasteiger partial charge in [-0.15, -0.1) is 0 Å². The maximum atomic E-state index is 4.62. The molecule has 1 nitrogen and oxygen atoms in total. The summed E-state index contributed by atoms with van der Waals surface area (Å²) in [5.74, 6) is 0. The Morgan fingerprint density at radius 3 is 2.50 bits per heavy atom. The van der Waals surface area contributed by atoms with Crippen molar-refractivity contribution in [3.63, 3.8) is 0 Å². The zero-order chi connectivity index (χ0) is 10.8. The van der Waals surface area contributed by atoms with Gasteiger partial charge in [-0.3, -0.25) is 0 Å². The summed E-state index contributed by atoms with van der Waals surface area (Å²) in [6, 6.07) is 19.0. The third kappa shape index (κ3) is 1.67. The van der Waals surface area contributed by atoms with Crippen LogP contribution in [0.4, 0.5) is 0 Å². The summed E-state index contributed by atoms with van der Waals surface area (Å²) in [5.41, 5.74) is 5.24. The van der Waals surface area contributed by atoms with Crippen LogP contribution in [0.3, 0.4) is 0 Å². The first-order valence-corrected chi connectivity index (χ1v) is 5.59. The lowest BCUT2D eigenvalue weighted by Gasteiger charge is -2.04. The molecule has 0 saturated carbocycles.